The van der Waals surface area contributed by atoms with E-state index in [0.717, 1.165) is 42.5 Å². The van der Waals surface area contributed by atoms with Crippen molar-refractivity contribution in [3.05, 3.63) is 100.0 Å². The lowest BCUT2D eigenvalue weighted by atomic mass is 9.94. The number of hydrogen-bond donors (Lipinski definition) is 1. The highest BCUT2D eigenvalue weighted by atomic mass is 35.5. The second kappa shape index (κ2) is 10.3. The summed E-state index contributed by atoms with van der Waals surface area (Å²) < 4.78 is 2.09. The second-order valence-electron chi connectivity index (χ2n) is 9.38. The summed E-state index contributed by atoms with van der Waals surface area (Å²) in [7, 11) is 0. The summed E-state index contributed by atoms with van der Waals surface area (Å²) in [6.45, 7) is 8.14. The second-order valence-corrected chi connectivity index (χ2v) is 9.82. The van der Waals surface area contributed by atoms with Gasteiger partial charge in [-0.2, -0.15) is 5.10 Å². The minimum atomic E-state index is 0.263. The van der Waals surface area contributed by atoms with E-state index < -0.39 is 0 Å². The largest absolute Gasteiger partial charge is 0.306 e. The molecular formula is C28H32ClN5. The lowest BCUT2D eigenvalue weighted by Gasteiger charge is -2.33. The Morgan fingerprint density at radius 1 is 1.09 bits per heavy atom. The van der Waals surface area contributed by atoms with Crippen LogP contribution in [0.5, 0.6) is 0 Å². The molecule has 1 fully saturated rings. The van der Waals surface area contributed by atoms with E-state index in [1.165, 1.54) is 35.2 Å². The molecule has 0 bridgehead atoms. The Bertz CT molecular complexity index is 1240. The highest BCUT2D eigenvalue weighted by Crippen LogP contribution is 2.29. The molecule has 1 saturated heterocycles. The predicted molar refractivity (Wildman–Crippen MR) is 138 cm³/mol. The summed E-state index contributed by atoms with van der Waals surface area (Å²) in [5.74, 6) is 0.440. The summed E-state index contributed by atoms with van der Waals surface area (Å²) in [4.78, 5) is 7.28. The first-order chi connectivity index (χ1) is 16.6. The highest BCUT2D eigenvalue weighted by Gasteiger charge is 2.25. The first-order valence-electron chi connectivity index (χ1n) is 12.2. The number of aryl methyl sites for hydroxylation is 1. The van der Waals surface area contributed by atoms with Gasteiger partial charge in [-0.05, 0) is 62.6 Å². The van der Waals surface area contributed by atoms with E-state index in [9.17, 15) is 0 Å². The van der Waals surface area contributed by atoms with Crippen molar-refractivity contribution in [1.82, 2.24) is 24.8 Å². The van der Waals surface area contributed by atoms with Gasteiger partial charge in [0.15, 0.2) is 5.65 Å². The number of nitrogens with zero attached hydrogens (tertiary/aromatic N) is 4. The monoisotopic (exact) mass is 473 g/mol. The van der Waals surface area contributed by atoms with Crippen LogP contribution in [0.3, 0.4) is 0 Å². The summed E-state index contributed by atoms with van der Waals surface area (Å²) in [6.07, 6.45) is 4.31. The number of piperidine rings is 1. The van der Waals surface area contributed by atoms with Gasteiger partial charge in [-0.15, -0.1) is 0 Å². The van der Waals surface area contributed by atoms with Crippen molar-refractivity contribution in [1.29, 1.82) is 0 Å². The Balaban J connectivity index is 1.33. The van der Waals surface area contributed by atoms with Gasteiger partial charge in [0.2, 0.25) is 0 Å². The van der Waals surface area contributed by atoms with Crippen LogP contribution in [-0.4, -0.2) is 32.6 Å². The Morgan fingerprint density at radius 2 is 1.88 bits per heavy atom. The molecule has 2 aromatic carbocycles. The Labute approximate surface area is 206 Å². The molecule has 1 N–H and O–H groups in total. The molecule has 0 spiro atoms. The Morgan fingerprint density at radius 3 is 2.68 bits per heavy atom. The number of fused-ring (bicyclic) bond motifs is 1. The van der Waals surface area contributed by atoms with Crippen molar-refractivity contribution in [2.24, 2.45) is 0 Å². The third-order valence-corrected chi connectivity index (χ3v) is 7.22. The molecule has 1 unspecified atom stereocenters. The van der Waals surface area contributed by atoms with Crippen LogP contribution < -0.4 is 5.32 Å². The molecule has 5 nitrogen and oxygen atoms in total. The average Bonchev–Trinajstić information content (AvgIpc) is 3.19. The van der Waals surface area contributed by atoms with Crippen LogP contribution in [0, 0.1) is 6.92 Å². The van der Waals surface area contributed by atoms with Gasteiger partial charge in [0.05, 0.1) is 11.4 Å². The third kappa shape index (κ3) is 5.02. The standard InChI is InChI=1S/C28H32ClN5/c1-20(23-7-4-3-5-8-23)31-17-26-21(2)32-34-27(14-15-30-28(26)34)24-9-6-16-33(19-24)18-22-10-12-25(29)13-11-22/h3-5,7-8,10-15,20,24,31H,6,9,16-19H2,1-2H3/t20-,24?/m1/s1. The molecule has 3 heterocycles. The van der Waals surface area contributed by atoms with Gasteiger partial charge in [-0.25, -0.2) is 9.50 Å². The maximum Gasteiger partial charge on any atom is 0.159 e. The molecular weight excluding hydrogens is 442 g/mol. The summed E-state index contributed by atoms with van der Waals surface area (Å²) in [5.41, 5.74) is 7.04. The number of likely N-dealkylation sites (tertiary alicyclic amines) is 1. The fourth-order valence-electron chi connectivity index (χ4n) is 5.03. The van der Waals surface area contributed by atoms with Crippen LogP contribution in [0.15, 0.2) is 66.9 Å². The minimum absolute atomic E-state index is 0.263. The zero-order chi connectivity index (χ0) is 23.5. The van der Waals surface area contributed by atoms with Gasteiger partial charge in [0, 0.05) is 48.4 Å². The van der Waals surface area contributed by atoms with Gasteiger partial charge in [-0.3, -0.25) is 4.90 Å². The molecule has 5 rings (SSSR count). The molecule has 0 aliphatic carbocycles. The van der Waals surface area contributed by atoms with E-state index >= 15 is 0 Å². The van der Waals surface area contributed by atoms with Crippen LogP contribution in [0.4, 0.5) is 0 Å². The SMILES string of the molecule is Cc1nn2c(C3CCCN(Cc4ccc(Cl)cc4)C3)ccnc2c1CN[C@H](C)c1ccccc1. The first kappa shape index (κ1) is 23.0. The Hall–Kier alpha value is -2.73. The van der Waals surface area contributed by atoms with Gasteiger partial charge in [0.25, 0.3) is 0 Å². The van der Waals surface area contributed by atoms with Crippen molar-refractivity contribution < 1.29 is 0 Å². The predicted octanol–water partition coefficient (Wildman–Crippen LogP) is 5.92. The van der Waals surface area contributed by atoms with E-state index in [0.29, 0.717) is 5.92 Å². The maximum absolute atomic E-state index is 6.06. The minimum Gasteiger partial charge on any atom is -0.306 e. The molecule has 176 valence electrons. The van der Waals surface area contributed by atoms with Gasteiger partial charge < -0.3 is 5.32 Å². The molecule has 0 amide bonds. The molecule has 1 aliphatic rings. The number of nitrogens with one attached hydrogen (secondary N) is 1. The molecule has 1 aliphatic heterocycles. The molecule has 34 heavy (non-hydrogen) atoms. The molecule has 4 aromatic rings. The summed E-state index contributed by atoms with van der Waals surface area (Å²) in [6, 6.07) is 21.2. The van der Waals surface area contributed by atoms with Crippen molar-refractivity contribution in [2.45, 2.75) is 51.7 Å². The van der Waals surface area contributed by atoms with Crippen molar-refractivity contribution in [3.63, 3.8) is 0 Å². The highest BCUT2D eigenvalue weighted by molar-refractivity contribution is 6.30. The third-order valence-electron chi connectivity index (χ3n) is 6.97. The average molecular weight is 474 g/mol. The van der Waals surface area contributed by atoms with Crippen LogP contribution in [0.25, 0.3) is 5.65 Å². The molecule has 6 heteroatoms. The van der Waals surface area contributed by atoms with Crippen LogP contribution >= 0.6 is 11.6 Å². The van der Waals surface area contributed by atoms with Crippen molar-refractivity contribution >= 4 is 17.2 Å². The number of rotatable bonds is 7. The van der Waals surface area contributed by atoms with Crippen molar-refractivity contribution in [2.75, 3.05) is 13.1 Å². The van der Waals surface area contributed by atoms with E-state index in [2.05, 4.69) is 77.1 Å². The van der Waals surface area contributed by atoms with Gasteiger partial charge in [0.1, 0.15) is 0 Å². The van der Waals surface area contributed by atoms with E-state index in [4.69, 9.17) is 21.7 Å². The number of aromatic nitrogens is 3. The van der Waals surface area contributed by atoms with Crippen molar-refractivity contribution in [3.8, 4) is 0 Å². The maximum atomic E-state index is 6.06. The van der Waals surface area contributed by atoms with Crippen LogP contribution in [0.2, 0.25) is 5.02 Å². The topological polar surface area (TPSA) is 45.5 Å². The normalized spacial score (nSPS) is 17.8. The van der Waals surface area contributed by atoms with E-state index in [1.807, 2.05) is 18.3 Å². The summed E-state index contributed by atoms with van der Waals surface area (Å²) >= 11 is 6.06. The fraction of sp³-hybridized carbons (Fsp3) is 0.357. The van der Waals surface area contributed by atoms with E-state index in [-0.39, 0.29) is 6.04 Å². The lowest BCUT2D eigenvalue weighted by Crippen LogP contribution is -2.34. The van der Waals surface area contributed by atoms with Crippen LogP contribution in [0.1, 0.15) is 59.8 Å². The zero-order valence-corrected chi connectivity index (χ0v) is 20.7. The van der Waals surface area contributed by atoms with E-state index in [1.54, 1.807) is 0 Å². The number of hydrogen-bond acceptors (Lipinski definition) is 4. The molecule has 0 radical (unpaired) electrons. The van der Waals surface area contributed by atoms with Crippen LogP contribution in [-0.2, 0) is 13.1 Å². The quantitative estimate of drug-likeness (QED) is 0.362. The molecule has 0 saturated carbocycles. The molecule has 2 atom stereocenters. The smallest absolute Gasteiger partial charge is 0.159 e. The lowest BCUT2D eigenvalue weighted by molar-refractivity contribution is 0.197. The number of halogens is 1. The Kier molecular flexibility index (Phi) is 6.95. The first-order valence-corrected chi connectivity index (χ1v) is 12.5. The van der Waals surface area contributed by atoms with Gasteiger partial charge in [-0.1, -0.05) is 54.1 Å². The fourth-order valence-corrected chi connectivity index (χ4v) is 5.16. The summed E-state index contributed by atoms with van der Waals surface area (Å²) in [5, 5.41) is 9.39. The molecule has 2 aromatic heterocycles. The number of benzene rings is 2. The zero-order valence-electron chi connectivity index (χ0n) is 19.9. The van der Waals surface area contributed by atoms with Gasteiger partial charge >= 0.3 is 0 Å².